The first-order chi connectivity index (χ1) is 14.2. The fourth-order valence-electron chi connectivity index (χ4n) is 4.27. The number of ether oxygens (including phenoxy) is 1. The largest absolute Gasteiger partial charge is 0.442 e. The van der Waals surface area contributed by atoms with E-state index in [9.17, 15) is 9.59 Å². The summed E-state index contributed by atoms with van der Waals surface area (Å²) in [5.74, 6) is -0.176. The Hall–Kier alpha value is -3.17. The first-order valence-electron chi connectivity index (χ1n) is 10.1. The van der Waals surface area contributed by atoms with Crippen molar-refractivity contribution in [2.75, 3.05) is 7.05 Å². The number of nitrogens with zero attached hydrogens (tertiary/aromatic N) is 4. The SMILES string of the molecule is CNC(=O)O[C@]1(C(C)(C)C)CC[C@@H](NC(=O)c2c[nH]c3ncc4nncn4c23)CC1. The maximum Gasteiger partial charge on any atom is 0.407 e. The summed E-state index contributed by atoms with van der Waals surface area (Å²) < 4.78 is 7.57. The third kappa shape index (κ3) is 3.35. The van der Waals surface area contributed by atoms with Gasteiger partial charge in [-0.15, -0.1) is 10.2 Å². The van der Waals surface area contributed by atoms with Gasteiger partial charge in [0.1, 0.15) is 17.4 Å². The number of aromatic nitrogens is 5. The van der Waals surface area contributed by atoms with Crippen molar-refractivity contribution >= 4 is 28.8 Å². The minimum Gasteiger partial charge on any atom is -0.442 e. The molecule has 30 heavy (non-hydrogen) atoms. The fourth-order valence-corrected chi connectivity index (χ4v) is 4.27. The Morgan fingerprint density at radius 3 is 2.70 bits per heavy atom. The lowest BCUT2D eigenvalue weighted by Crippen LogP contribution is -2.53. The minimum atomic E-state index is -0.562. The second-order valence-electron chi connectivity index (χ2n) is 8.85. The van der Waals surface area contributed by atoms with Crippen molar-refractivity contribution < 1.29 is 14.3 Å². The third-order valence-corrected chi connectivity index (χ3v) is 6.19. The van der Waals surface area contributed by atoms with E-state index in [1.165, 1.54) is 0 Å². The Morgan fingerprint density at radius 1 is 1.30 bits per heavy atom. The average molecular weight is 413 g/mol. The van der Waals surface area contributed by atoms with E-state index >= 15 is 0 Å². The fraction of sp³-hybridized carbons (Fsp3) is 0.550. The number of rotatable bonds is 3. The molecule has 10 nitrogen and oxygen atoms in total. The van der Waals surface area contributed by atoms with Crippen LogP contribution in [0, 0.1) is 5.41 Å². The lowest BCUT2D eigenvalue weighted by molar-refractivity contribution is -0.0949. The van der Waals surface area contributed by atoms with Crippen molar-refractivity contribution in [1.82, 2.24) is 35.2 Å². The van der Waals surface area contributed by atoms with E-state index in [1.807, 2.05) is 0 Å². The van der Waals surface area contributed by atoms with Gasteiger partial charge in [-0.2, -0.15) is 0 Å². The highest BCUT2D eigenvalue weighted by Gasteiger charge is 2.48. The van der Waals surface area contributed by atoms with E-state index in [0.29, 0.717) is 35.2 Å². The highest BCUT2D eigenvalue weighted by Crippen LogP contribution is 2.45. The number of nitrogens with one attached hydrogen (secondary N) is 3. The summed E-state index contributed by atoms with van der Waals surface area (Å²) in [6.07, 6.45) is 7.22. The molecule has 3 aromatic rings. The number of carbonyl (C=O) groups excluding carboxylic acids is 2. The molecular formula is C20H27N7O3. The van der Waals surface area contributed by atoms with Crippen LogP contribution >= 0.6 is 0 Å². The van der Waals surface area contributed by atoms with Crippen molar-refractivity contribution in [3.63, 3.8) is 0 Å². The van der Waals surface area contributed by atoms with E-state index in [0.717, 1.165) is 12.8 Å². The van der Waals surface area contributed by atoms with E-state index < -0.39 is 11.7 Å². The molecule has 160 valence electrons. The number of amides is 2. The minimum absolute atomic E-state index is 0.000660. The number of aromatic amines is 1. The molecule has 0 saturated heterocycles. The summed E-state index contributed by atoms with van der Waals surface area (Å²) in [4.78, 5) is 32.3. The van der Waals surface area contributed by atoms with Gasteiger partial charge in [-0.05, 0) is 25.7 Å². The van der Waals surface area contributed by atoms with Crippen LogP contribution in [0.3, 0.4) is 0 Å². The van der Waals surface area contributed by atoms with Gasteiger partial charge in [0.2, 0.25) is 0 Å². The molecular weight excluding hydrogens is 386 g/mol. The quantitative estimate of drug-likeness (QED) is 0.605. The van der Waals surface area contributed by atoms with Crippen LogP contribution in [0.15, 0.2) is 18.7 Å². The maximum atomic E-state index is 13.0. The van der Waals surface area contributed by atoms with Gasteiger partial charge in [0.25, 0.3) is 5.91 Å². The number of fused-ring (bicyclic) bond motifs is 3. The van der Waals surface area contributed by atoms with Gasteiger partial charge in [0, 0.05) is 24.7 Å². The van der Waals surface area contributed by atoms with E-state index in [2.05, 4.69) is 51.6 Å². The standard InChI is InChI=1S/C20H27N7O3/c1-19(2,3)20(30-18(29)21-4)7-5-12(6-8-20)25-17(28)13-9-22-16-15(13)27-11-24-26-14(27)10-23-16/h9-12,22H,5-8H2,1-4H3,(H,21,29)(H,25,28)/t12-,20-. The lowest BCUT2D eigenvalue weighted by atomic mass is 9.67. The molecule has 0 unspecified atom stereocenters. The molecule has 2 amide bonds. The Balaban J connectivity index is 1.50. The predicted octanol–water partition coefficient (Wildman–Crippen LogP) is 2.42. The summed E-state index contributed by atoms with van der Waals surface area (Å²) in [7, 11) is 1.56. The molecule has 1 saturated carbocycles. The highest BCUT2D eigenvalue weighted by molar-refractivity contribution is 6.05. The van der Waals surface area contributed by atoms with Gasteiger partial charge >= 0.3 is 6.09 Å². The summed E-state index contributed by atoms with van der Waals surface area (Å²) >= 11 is 0. The third-order valence-electron chi connectivity index (χ3n) is 6.19. The van der Waals surface area contributed by atoms with Crippen molar-refractivity contribution in [3.8, 4) is 0 Å². The van der Waals surface area contributed by atoms with Crippen molar-refractivity contribution in [1.29, 1.82) is 0 Å². The van der Waals surface area contributed by atoms with Crippen molar-refractivity contribution in [3.05, 3.63) is 24.3 Å². The number of hydrogen-bond donors (Lipinski definition) is 3. The molecule has 0 atom stereocenters. The van der Waals surface area contributed by atoms with Crippen LogP contribution in [0.5, 0.6) is 0 Å². The Kier molecular flexibility index (Phi) is 4.87. The summed E-state index contributed by atoms with van der Waals surface area (Å²) in [6.45, 7) is 6.24. The van der Waals surface area contributed by atoms with Crippen molar-refractivity contribution in [2.24, 2.45) is 5.41 Å². The van der Waals surface area contributed by atoms with Gasteiger partial charge in [0.05, 0.1) is 11.8 Å². The first kappa shape index (κ1) is 20.1. The number of carbonyl (C=O) groups is 2. The molecule has 1 fully saturated rings. The molecule has 0 spiro atoms. The maximum absolute atomic E-state index is 13.0. The molecule has 3 aromatic heterocycles. The number of alkyl carbamates (subject to hydrolysis) is 1. The normalized spacial score (nSPS) is 22.2. The van der Waals surface area contributed by atoms with Crippen LogP contribution in [0.1, 0.15) is 56.8 Å². The second-order valence-corrected chi connectivity index (χ2v) is 8.85. The molecule has 1 aliphatic carbocycles. The molecule has 3 heterocycles. The molecule has 0 bridgehead atoms. The van der Waals surface area contributed by atoms with Gasteiger partial charge in [-0.3, -0.25) is 9.20 Å². The summed E-state index contributed by atoms with van der Waals surface area (Å²) in [5.41, 5.74) is 1.55. The Labute approximate surface area is 173 Å². The Morgan fingerprint density at radius 2 is 2.03 bits per heavy atom. The zero-order valence-corrected chi connectivity index (χ0v) is 17.7. The molecule has 0 aromatic carbocycles. The summed E-state index contributed by atoms with van der Waals surface area (Å²) in [5, 5.41) is 13.6. The summed E-state index contributed by atoms with van der Waals surface area (Å²) in [6, 6.07) is -0.000660. The molecule has 0 aliphatic heterocycles. The second kappa shape index (κ2) is 7.26. The topological polar surface area (TPSA) is 126 Å². The molecule has 3 N–H and O–H groups in total. The first-order valence-corrected chi connectivity index (χ1v) is 10.1. The average Bonchev–Trinajstić information content (AvgIpc) is 3.34. The van der Waals surface area contributed by atoms with E-state index in [-0.39, 0.29) is 17.4 Å². The molecule has 1 aliphatic rings. The lowest BCUT2D eigenvalue weighted by Gasteiger charge is -2.48. The van der Waals surface area contributed by atoms with Crippen LogP contribution in [0.4, 0.5) is 4.79 Å². The number of H-pyrrole nitrogens is 1. The van der Waals surface area contributed by atoms with E-state index in [1.54, 1.807) is 30.2 Å². The molecule has 4 rings (SSSR count). The predicted molar refractivity (Wildman–Crippen MR) is 110 cm³/mol. The van der Waals surface area contributed by atoms with Gasteiger partial charge < -0.3 is 20.4 Å². The van der Waals surface area contributed by atoms with Crippen LogP contribution in [-0.2, 0) is 4.74 Å². The van der Waals surface area contributed by atoms with Gasteiger partial charge in [-0.1, -0.05) is 20.8 Å². The van der Waals surface area contributed by atoms with Crippen LogP contribution in [0.25, 0.3) is 16.8 Å². The van der Waals surface area contributed by atoms with E-state index in [4.69, 9.17) is 4.74 Å². The number of hydrogen-bond acceptors (Lipinski definition) is 6. The van der Waals surface area contributed by atoms with Gasteiger partial charge in [-0.25, -0.2) is 9.78 Å². The van der Waals surface area contributed by atoms with Crippen LogP contribution in [0.2, 0.25) is 0 Å². The molecule has 0 radical (unpaired) electrons. The van der Waals surface area contributed by atoms with Gasteiger partial charge in [0.15, 0.2) is 11.3 Å². The smallest absolute Gasteiger partial charge is 0.407 e. The van der Waals surface area contributed by atoms with Crippen LogP contribution in [-0.4, -0.2) is 55.3 Å². The van der Waals surface area contributed by atoms with Crippen LogP contribution < -0.4 is 10.6 Å². The van der Waals surface area contributed by atoms with Crippen molar-refractivity contribution in [2.45, 2.75) is 58.1 Å². The monoisotopic (exact) mass is 413 g/mol. The zero-order valence-electron chi connectivity index (χ0n) is 17.7. The highest BCUT2D eigenvalue weighted by atomic mass is 16.6. The Bertz CT molecular complexity index is 1090. The molecule has 10 heteroatoms. The zero-order chi connectivity index (χ0) is 21.5.